The lowest BCUT2D eigenvalue weighted by Gasteiger charge is -2.40. The van der Waals surface area contributed by atoms with E-state index < -0.39 is 0 Å². The standard InChI is InChI=1S/C39H45N7O2/c1-26-19-28(21-31-23-41-43-36(26)31)20-30(37-40-15-18-45(37)24-27-9-11-32(12-10-27)39(2,3)4)22-35(47)44-16-13-33(14-17-44)46-25-29-7-5-6-8-34(29)42-38(46)48/h5-12,15,18-19,21,23,30,33H,13-14,16-17,20,22,24-25H2,1-4H3,(H,41,43)(H,42,48). The Morgan fingerprint density at radius 2 is 1.79 bits per heavy atom. The van der Waals surface area contributed by atoms with Crippen LogP contribution in [0.5, 0.6) is 0 Å². The maximum Gasteiger partial charge on any atom is 0.322 e. The molecule has 3 amide bonds. The van der Waals surface area contributed by atoms with Crippen LogP contribution in [0, 0.1) is 6.92 Å². The van der Waals surface area contributed by atoms with Crippen LogP contribution in [0.25, 0.3) is 10.9 Å². The molecule has 0 saturated carbocycles. The number of benzene rings is 3. The summed E-state index contributed by atoms with van der Waals surface area (Å²) in [5.41, 5.74) is 7.97. The third-order valence-electron chi connectivity index (χ3n) is 10.1. The molecule has 0 bridgehead atoms. The Morgan fingerprint density at radius 1 is 1.02 bits per heavy atom. The summed E-state index contributed by atoms with van der Waals surface area (Å²) in [5, 5.41) is 11.5. The first-order valence-corrected chi connectivity index (χ1v) is 17.1. The van der Waals surface area contributed by atoms with E-state index in [4.69, 9.17) is 4.98 Å². The Hall–Kier alpha value is -4.92. The lowest BCUT2D eigenvalue weighted by Crippen LogP contribution is -2.51. The Morgan fingerprint density at radius 3 is 2.56 bits per heavy atom. The number of anilines is 1. The Bertz CT molecular complexity index is 1930. The van der Waals surface area contributed by atoms with E-state index in [1.54, 1.807) is 0 Å². The number of rotatable bonds is 8. The van der Waals surface area contributed by atoms with Crippen molar-refractivity contribution in [3.05, 3.63) is 113 Å². The number of nitrogens with zero attached hydrogens (tertiary/aromatic N) is 5. The van der Waals surface area contributed by atoms with Crippen LogP contribution in [0.15, 0.2) is 79.3 Å². The predicted octanol–water partition coefficient (Wildman–Crippen LogP) is 7.17. The van der Waals surface area contributed by atoms with Gasteiger partial charge in [-0.15, -0.1) is 0 Å². The maximum absolute atomic E-state index is 14.0. The van der Waals surface area contributed by atoms with Crippen LogP contribution in [0.4, 0.5) is 10.5 Å². The molecular formula is C39H45N7O2. The molecule has 5 aromatic rings. The minimum atomic E-state index is -0.104. The van der Waals surface area contributed by atoms with Crippen LogP contribution in [0.1, 0.15) is 79.6 Å². The number of urea groups is 1. The van der Waals surface area contributed by atoms with Crippen molar-refractivity contribution in [2.75, 3.05) is 18.4 Å². The minimum absolute atomic E-state index is 0.0525. The fraction of sp³-hybridized carbons (Fsp3) is 0.385. The van der Waals surface area contributed by atoms with Crippen molar-refractivity contribution in [3.63, 3.8) is 0 Å². The maximum atomic E-state index is 14.0. The molecule has 2 N–H and O–H groups in total. The van der Waals surface area contributed by atoms with Gasteiger partial charge >= 0.3 is 6.03 Å². The average molecular weight is 644 g/mol. The number of aromatic amines is 1. The second-order valence-corrected chi connectivity index (χ2v) is 14.5. The number of amides is 3. The van der Waals surface area contributed by atoms with Crippen molar-refractivity contribution < 1.29 is 9.59 Å². The van der Waals surface area contributed by atoms with Gasteiger partial charge in [0.05, 0.1) is 11.7 Å². The number of aryl methyl sites for hydroxylation is 1. The summed E-state index contributed by atoms with van der Waals surface area (Å²) in [6.07, 6.45) is 8.33. The number of hydrogen-bond donors (Lipinski definition) is 2. The van der Waals surface area contributed by atoms with Gasteiger partial charge in [-0.2, -0.15) is 5.10 Å². The highest BCUT2D eigenvalue weighted by atomic mass is 16.2. The number of imidazole rings is 1. The molecule has 1 saturated heterocycles. The SMILES string of the molecule is Cc1cc(CC(CC(=O)N2CCC(N3Cc4ccccc4NC3=O)CC2)c2nccn2Cc2ccc(C(C)(C)C)cc2)cc2cn[nH]c12. The fourth-order valence-electron chi connectivity index (χ4n) is 7.37. The van der Waals surface area contributed by atoms with Gasteiger partial charge in [-0.3, -0.25) is 9.89 Å². The first-order valence-electron chi connectivity index (χ1n) is 17.1. The van der Waals surface area contributed by atoms with Crippen LogP contribution in [0.2, 0.25) is 0 Å². The zero-order valence-electron chi connectivity index (χ0n) is 28.4. The number of carbonyl (C=O) groups excluding carboxylic acids is 2. The zero-order chi connectivity index (χ0) is 33.4. The molecule has 1 atom stereocenters. The normalized spacial score (nSPS) is 16.2. The van der Waals surface area contributed by atoms with Gasteiger partial charge in [-0.05, 0) is 71.6 Å². The Balaban J connectivity index is 1.08. The van der Waals surface area contributed by atoms with Gasteiger partial charge in [-0.25, -0.2) is 9.78 Å². The Labute approximate surface area is 282 Å². The molecule has 2 aliphatic heterocycles. The van der Waals surface area contributed by atoms with E-state index >= 15 is 0 Å². The smallest absolute Gasteiger partial charge is 0.322 e. The van der Waals surface area contributed by atoms with Crippen LogP contribution >= 0.6 is 0 Å². The van der Waals surface area contributed by atoms with Crippen molar-refractivity contribution in [1.82, 2.24) is 29.5 Å². The second-order valence-electron chi connectivity index (χ2n) is 14.5. The van der Waals surface area contributed by atoms with Gasteiger partial charge < -0.3 is 19.7 Å². The molecule has 0 radical (unpaired) electrons. The zero-order valence-corrected chi connectivity index (χ0v) is 28.4. The topological polar surface area (TPSA) is 99.2 Å². The third-order valence-corrected chi connectivity index (χ3v) is 10.1. The summed E-state index contributed by atoms with van der Waals surface area (Å²) < 4.78 is 2.20. The molecule has 1 unspecified atom stereocenters. The number of carbonyl (C=O) groups is 2. The van der Waals surface area contributed by atoms with Crippen molar-refractivity contribution in [2.45, 2.75) is 83.8 Å². The van der Waals surface area contributed by atoms with Crippen LogP contribution in [-0.2, 0) is 29.7 Å². The Kier molecular flexibility index (Phi) is 8.54. The molecule has 0 aliphatic carbocycles. The molecule has 1 fully saturated rings. The number of hydrogen-bond acceptors (Lipinski definition) is 4. The summed E-state index contributed by atoms with van der Waals surface area (Å²) in [4.78, 5) is 35.8. The van der Waals surface area contributed by atoms with Crippen LogP contribution < -0.4 is 5.32 Å². The first-order chi connectivity index (χ1) is 23.1. The van der Waals surface area contributed by atoms with Crippen molar-refractivity contribution in [1.29, 1.82) is 0 Å². The van der Waals surface area contributed by atoms with Gasteiger partial charge in [0, 0.05) is 68.0 Å². The number of aromatic nitrogens is 4. The lowest BCUT2D eigenvalue weighted by atomic mass is 9.87. The van der Waals surface area contributed by atoms with Crippen LogP contribution in [0.3, 0.4) is 0 Å². The molecule has 48 heavy (non-hydrogen) atoms. The number of H-pyrrole nitrogens is 1. The lowest BCUT2D eigenvalue weighted by molar-refractivity contribution is -0.133. The van der Waals surface area contributed by atoms with Gasteiger partial charge in [0.25, 0.3) is 0 Å². The largest absolute Gasteiger partial charge is 0.343 e. The molecule has 248 valence electrons. The quantitative estimate of drug-likeness (QED) is 0.187. The minimum Gasteiger partial charge on any atom is -0.343 e. The monoisotopic (exact) mass is 643 g/mol. The molecule has 0 spiro atoms. The third kappa shape index (κ3) is 6.59. The number of piperidine rings is 1. The molecule has 9 heteroatoms. The van der Waals surface area contributed by atoms with Gasteiger partial charge in [0.2, 0.25) is 5.91 Å². The van der Waals surface area contributed by atoms with E-state index in [9.17, 15) is 9.59 Å². The number of fused-ring (bicyclic) bond motifs is 2. The number of likely N-dealkylation sites (tertiary alicyclic amines) is 1. The number of nitrogens with one attached hydrogen (secondary N) is 2. The van der Waals surface area contributed by atoms with Crippen LogP contribution in [-0.4, -0.2) is 60.6 Å². The van der Waals surface area contributed by atoms with E-state index in [0.717, 1.165) is 46.4 Å². The molecule has 2 aliphatic rings. The summed E-state index contributed by atoms with van der Waals surface area (Å²) in [6, 6.07) is 21.2. The van der Waals surface area contributed by atoms with Gasteiger partial charge in [-0.1, -0.05) is 69.3 Å². The van der Waals surface area contributed by atoms with E-state index in [2.05, 4.69) is 90.2 Å². The van der Waals surface area contributed by atoms with E-state index in [0.29, 0.717) is 39.0 Å². The average Bonchev–Trinajstić information content (AvgIpc) is 3.74. The molecule has 7 rings (SSSR count). The second kappa shape index (κ2) is 12.9. The highest BCUT2D eigenvalue weighted by Crippen LogP contribution is 2.31. The molecular weight excluding hydrogens is 598 g/mol. The highest BCUT2D eigenvalue weighted by molar-refractivity contribution is 5.92. The molecule has 9 nitrogen and oxygen atoms in total. The fourth-order valence-corrected chi connectivity index (χ4v) is 7.37. The van der Waals surface area contributed by atoms with Gasteiger partial charge in [0.15, 0.2) is 0 Å². The summed E-state index contributed by atoms with van der Waals surface area (Å²) in [7, 11) is 0. The highest BCUT2D eigenvalue weighted by Gasteiger charge is 2.33. The summed E-state index contributed by atoms with van der Waals surface area (Å²) >= 11 is 0. The summed E-state index contributed by atoms with van der Waals surface area (Å²) in [5.74, 6) is 0.955. The molecule has 3 aromatic carbocycles. The number of para-hydroxylation sites is 1. The van der Waals surface area contributed by atoms with Crippen molar-refractivity contribution >= 4 is 28.5 Å². The van der Waals surface area contributed by atoms with E-state index in [-0.39, 0.29) is 29.3 Å². The van der Waals surface area contributed by atoms with Gasteiger partial charge in [0.1, 0.15) is 5.82 Å². The first kappa shape index (κ1) is 31.7. The van der Waals surface area contributed by atoms with E-state index in [1.165, 1.54) is 16.7 Å². The predicted molar refractivity (Wildman–Crippen MR) is 189 cm³/mol. The molecule has 2 aromatic heterocycles. The van der Waals surface area contributed by atoms with E-state index in [1.807, 2.05) is 46.6 Å². The summed E-state index contributed by atoms with van der Waals surface area (Å²) in [6.45, 7) is 11.3. The van der Waals surface area contributed by atoms with Crippen molar-refractivity contribution in [3.8, 4) is 0 Å². The molecule has 4 heterocycles. The van der Waals surface area contributed by atoms with Crippen molar-refractivity contribution in [2.24, 2.45) is 0 Å².